The molecule has 0 atom stereocenters. The maximum Gasteiger partial charge on any atom is 0.355 e. The molecular weight excluding hydrogens is 467 g/mol. The second kappa shape index (κ2) is 8.31. The van der Waals surface area contributed by atoms with E-state index < -0.39 is 5.97 Å². The predicted octanol–water partition coefficient (Wildman–Crippen LogP) is 5.57. The molecule has 152 valence electrons. The SMILES string of the molecule is COc1cc(C=C2SC(=N)NC2=O)ccc1OC(=O)c1sc2cc(Cl)ccc2c1Cl. The van der Waals surface area contributed by atoms with Crippen molar-refractivity contribution in [1.82, 2.24) is 5.32 Å². The van der Waals surface area contributed by atoms with Gasteiger partial charge in [-0.15, -0.1) is 11.3 Å². The van der Waals surface area contributed by atoms with E-state index in [4.69, 9.17) is 38.1 Å². The van der Waals surface area contributed by atoms with Gasteiger partial charge in [-0.1, -0.05) is 35.3 Å². The maximum absolute atomic E-state index is 12.7. The normalized spacial score (nSPS) is 15.0. The first-order valence-corrected chi connectivity index (χ1v) is 10.8. The molecule has 2 aromatic carbocycles. The molecule has 1 aliphatic rings. The fraction of sp³-hybridized carbons (Fsp3) is 0.0500. The molecule has 30 heavy (non-hydrogen) atoms. The Morgan fingerprint density at radius 2 is 1.97 bits per heavy atom. The number of ether oxygens (including phenoxy) is 2. The summed E-state index contributed by atoms with van der Waals surface area (Å²) in [6.07, 6.45) is 1.63. The minimum atomic E-state index is -0.610. The van der Waals surface area contributed by atoms with E-state index in [-0.39, 0.29) is 21.7 Å². The molecule has 10 heteroatoms. The minimum Gasteiger partial charge on any atom is -0.493 e. The molecule has 6 nitrogen and oxygen atoms in total. The van der Waals surface area contributed by atoms with Crippen LogP contribution in [-0.4, -0.2) is 24.2 Å². The van der Waals surface area contributed by atoms with Crippen molar-refractivity contribution in [2.24, 2.45) is 0 Å². The van der Waals surface area contributed by atoms with E-state index >= 15 is 0 Å². The lowest BCUT2D eigenvalue weighted by Gasteiger charge is -2.09. The van der Waals surface area contributed by atoms with Gasteiger partial charge in [0.2, 0.25) is 0 Å². The summed E-state index contributed by atoms with van der Waals surface area (Å²) in [5, 5.41) is 11.6. The van der Waals surface area contributed by atoms with Crippen LogP contribution in [-0.2, 0) is 4.79 Å². The van der Waals surface area contributed by atoms with E-state index in [9.17, 15) is 9.59 Å². The van der Waals surface area contributed by atoms with Crippen LogP contribution in [0.15, 0.2) is 41.3 Å². The van der Waals surface area contributed by atoms with Crippen molar-refractivity contribution in [3.63, 3.8) is 0 Å². The molecule has 2 N–H and O–H groups in total. The van der Waals surface area contributed by atoms with Gasteiger partial charge in [0.1, 0.15) is 4.88 Å². The van der Waals surface area contributed by atoms with Gasteiger partial charge < -0.3 is 14.8 Å². The average molecular weight is 479 g/mol. The number of benzene rings is 2. The molecule has 1 saturated heterocycles. The number of methoxy groups -OCH3 is 1. The highest BCUT2D eigenvalue weighted by atomic mass is 35.5. The Morgan fingerprint density at radius 3 is 2.67 bits per heavy atom. The van der Waals surface area contributed by atoms with Crippen molar-refractivity contribution in [2.75, 3.05) is 7.11 Å². The van der Waals surface area contributed by atoms with Crippen molar-refractivity contribution >= 4 is 79.5 Å². The Morgan fingerprint density at radius 1 is 1.17 bits per heavy atom. The highest BCUT2D eigenvalue weighted by Gasteiger charge is 2.23. The molecule has 1 fully saturated rings. The number of hydrogen-bond acceptors (Lipinski definition) is 7. The quantitative estimate of drug-likeness (QED) is 0.290. The van der Waals surface area contributed by atoms with Crippen molar-refractivity contribution in [3.8, 4) is 11.5 Å². The molecule has 0 radical (unpaired) electrons. The van der Waals surface area contributed by atoms with Crippen LogP contribution in [0, 0.1) is 5.41 Å². The molecule has 4 rings (SSSR count). The zero-order chi connectivity index (χ0) is 21.4. The third-order valence-electron chi connectivity index (χ3n) is 4.13. The van der Waals surface area contributed by atoms with Crippen LogP contribution < -0.4 is 14.8 Å². The van der Waals surface area contributed by atoms with E-state index in [1.807, 2.05) is 0 Å². The molecule has 2 heterocycles. The van der Waals surface area contributed by atoms with Crippen LogP contribution in [0.3, 0.4) is 0 Å². The van der Waals surface area contributed by atoms with Gasteiger partial charge in [-0.25, -0.2) is 4.79 Å². The number of hydrogen-bond donors (Lipinski definition) is 2. The van der Waals surface area contributed by atoms with Gasteiger partial charge in [-0.3, -0.25) is 10.2 Å². The second-order valence-corrected chi connectivity index (χ2v) is 9.00. The standard InChI is InChI=1S/C20H12Cl2N2O4S2/c1-27-13-6-9(7-15-18(25)24-20(23)30-15)2-5-12(13)28-19(26)17-16(22)11-4-3-10(21)8-14(11)29-17/h2-8H,1H3,(H2,23,24,25). The molecular formula is C20H12Cl2N2O4S2. The number of nitrogens with one attached hydrogen (secondary N) is 2. The van der Waals surface area contributed by atoms with E-state index in [2.05, 4.69) is 5.32 Å². The van der Waals surface area contributed by atoms with Gasteiger partial charge in [-0.05, 0) is 47.7 Å². The van der Waals surface area contributed by atoms with E-state index in [1.165, 1.54) is 18.4 Å². The highest BCUT2D eigenvalue weighted by Crippen LogP contribution is 2.38. The first-order chi connectivity index (χ1) is 14.4. The van der Waals surface area contributed by atoms with Crippen molar-refractivity contribution < 1.29 is 19.1 Å². The Hall–Kier alpha value is -2.52. The number of amides is 1. The molecule has 0 spiro atoms. The summed E-state index contributed by atoms with van der Waals surface area (Å²) in [6, 6.07) is 10.1. The van der Waals surface area contributed by atoms with Gasteiger partial charge in [0, 0.05) is 15.1 Å². The molecule has 1 aliphatic heterocycles. The molecule has 0 bridgehead atoms. The molecule has 1 amide bonds. The number of carbonyl (C=O) groups excluding carboxylic acids is 2. The van der Waals surface area contributed by atoms with Crippen molar-refractivity contribution in [2.45, 2.75) is 0 Å². The zero-order valence-corrected chi connectivity index (χ0v) is 18.4. The Labute approximate surface area is 189 Å². The highest BCUT2D eigenvalue weighted by molar-refractivity contribution is 8.18. The van der Waals surface area contributed by atoms with Gasteiger partial charge in [0.05, 0.1) is 17.0 Å². The number of halogens is 2. The van der Waals surface area contributed by atoms with Crippen LogP contribution >= 0.6 is 46.3 Å². The lowest BCUT2D eigenvalue weighted by molar-refractivity contribution is -0.115. The average Bonchev–Trinajstić information content (AvgIpc) is 3.20. The Balaban J connectivity index is 1.61. The largest absolute Gasteiger partial charge is 0.493 e. The smallest absolute Gasteiger partial charge is 0.355 e. The first kappa shape index (κ1) is 20.7. The topological polar surface area (TPSA) is 88.5 Å². The fourth-order valence-corrected chi connectivity index (χ4v) is 5.13. The zero-order valence-electron chi connectivity index (χ0n) is 15.2. The number of fused-ring (bicyclic) bond motifs is 1. The van der Waals surface area contributed by atoms with Gasteiger partial charge >= 0.3 is 5.97 Å². The van der Waals surface area contributed by atoms with Crippen LogP contribution in [0.2, 0.25) is 10.0 Å². The maximum atomic E-state index is 12.7. The van der Waals surface area contributed by atoms with E-state index in [1.54, 1.807) is 42.5 Å². The number of thioether (sulfide) groups is 1. The lowest BCUT2D eigenvalue weighted by Crippen LogP contribution is -2.18. The third kappa shape index (κ3) is 4.04. The molecule has 0 unspecified atom stereocenters. The second-order valence-electron chi connectivity index (χ2n) is 6.08. The Bertz CT molecular complexity index is 1250. The first-order valence-electron chi connectivity index (χ1n) is 8.43. The van der Waals surface area contributed by atoms with E-state index in [0.717, 1.165) is 21.8 Å². The van der Waals surface area contributed by atoms with Gasteiger partial charge in [0.25, 0.3) is 5.91 Å². The Kier molecular flexibility index (Phi) is 5.75. The molecule has 1 aromatic heterocycles. The molecule has 0 saturated carbocycles. The summed E-state index contributed by atoms with van der Waals surface area (Å²) in [5.41, 5.74) is 0.661. The lowest BCUT2D eigenvalue weighted by atomic mass is 10.2. The van der Waals surface area contributed by atoms with Crippen LogP contribution in [0.4, 0.5) is 0 Å². The van der Waals surface area contributed by atoms with Gasteiger partial charge in [0.15, 0.2) is 16.7 Å². The van der Waals surface area contributed by atoms with Crippen LogP contribution in [0.1, 0.15) is 15.2 Å². The van der Waals surface area contributed by atoms with Crippen LogP contribution in [0.25, 0.3) is 16.2 Å². The number of amidine groups is 1. The number of thiophene rings is 1. The van der Waals surface area contributed by atoms with Crippen LogP contribution in [0.5, 0.6) is 11.5 Å². The summed E-state index contributed by atoms with van der Waals surface area (Å²) in [5.74, 6) is -0.413. The number of carbonyl (C=O) groups is 2. The summed E-state index contributed by atoms with van der Waals surface area (Å²) >= 11 is 14.6. The minimum absolute atomic E-state index is 0.0743. The monoisotopic (exact) mass is 478 g/mol. The summed E-state index contributed by atoms with van der Waals surface area (Å²) in [4.78, 5) is 25.2. The summed E-state index contributed by atoms with van der Waals surface area (Å²) in [7, 11) is 1.45. The van der Waals surface area contributed by atoms with Crippen molar-refractivity contribution in [1.29, 1.82) is 5.41 Å². The number of esters is 1. The third-order valence-corrected chi connectivity index (χ3v) is 6.83. The number of rotatable bonds is 4. The fourth-order valence-electron chi connectivity index (χ4n) is 2.77. The predicted molar refractivity (Wildman–Crippen MR) is 121 cm³/mol. The van der Waals surface area contributed by atoms with E-state index in [0.29, 0.717) is 26.3 Å². The van der Waals surface area contributed by atoms with Crippen molar-refractivity contribution in [3.05, 3.63) is 61.8 Å². The summed E-state index contributed by atoms with van der Waals surface area (Å²) in [6.45, 7) is 0. The molecule has 0 aliphatic carbocycles. The summed E-state index contributed by atoms with van der Waals surface area (Å²) < 4.78 is 11.6. The van der Waals surface area contributed by atoms with Gasteiger partial charge in [-0.2, -0.15) is 0 Å². The molecule has 3 aromatic rings.